The molecule has 0 unspecified atom stereocenters. The Balaban J connectivity index is -0.000000529. The fraction of sp³-hybridized carbons (Fsp3) is 0.923. The summed E-state index contributed by atoms with van der Waals surface area (Å²) in [7, 11) is 1.44. The fourth-order valence-electron chi connectivity index (χ4n) is 0.924. The third-order valence-corrected chi connectivity index (χ3v) is 2.94. The van der Waals surface area contributed by atoms with E-state index in [1.807, 2.05) is 25.6 Å². The number of unbranched alkanes of at least 4 members (excludes halogenated alkanes) is 2. The van der Waals surface area contributed by atoms with Gasteiger partial charge >= 0.3 is 5.97 Å². The number of rotatable bonds is 8. The van der Waals surface area contributed by atoms with Gasteiger partial charge in [0.25, 0.3) is 0 Å². The summed E-state index contributed by atoms with van der Waals surface area (Å²) < 4.78 is 4.55. The summed E-state index contributed by atoms with van der Waals surface area (Å²) in [5.41, 5.74) is 0. The molecule has 0 aromatic heterocycles. The first-order valence-electron chi connectivity index (χ1n) is 5.95. The lowest BCUT2D eigenvalue weighted by atomic mass is 10.2. The van der Waals surface area contributed by atoms with Gasteiger partial charge in [0.2, 0.25) is 0 Å². The van der Waals surface area contributed by atoms with Crippen molar-refractivity contribution in [3.05, 3.63) is 0 Å². The summed E-state index contributed by atoms with van der Waals surface area (Å²) in [6, 6.07) is 0. The van der Waals surface area contributed by atoms with Crippen molar-refractivity contribution >= 4 is 17.7 Å². The van der Waals surface area contributed by atoms with Gasteiger partial charge in [-0.3, -0.25) is 4.79 Å². The maximum atomic E-state index is 10.7. The van der Waals surface area contributed by atoms with Crippen molar-refractivity contribution in [2.24, 2.45) is 0 Å². The molecule has 0 bridgehead atoms. The van der Waals surface area contributed by atoms with Crippen LogP contribution in [0.1, 0.15) is 60.3 Å². The number of thioether (sulfide) groups is 1. The molecule has 0 spiro atoms. The summed E-state index contributed by atoms with van der Waals surface area (Å²) >= 11 is 1.98. The maximum absolute atomic E-state index is 10.7. The highest BCUT2D eigenvalue weighted by molar-refractivity contribution is 7.99. The Labute approximate surface area is 107 Å². The van der Waals surface area contributed by atoms with Gasteiger partial charge in [-0.2, -0.15) is 11.8 Å². The Hall–Kier alpha value is -0.180. The molecule has 3 heteroatoms. The van der Waals surface area contributed by atoms with Crippen molar-refractivity contribution in [3.8, 4) is 0 Å². The van der Waals surface area contributed by atoms with Crippen LogP contribution in [0.2, 0.25) is 0 Å². The molecule has 0 aliphatic carbocycles. The van der Waals surface area contributed by atoms with Crippen molar-refractivity contribution in [2.75, 3.05) is 18.6 Å². The normalized spacial score (nSPS) is 8.50. The van der Waals surface area contributed by atoms with Crippen LogP contribution in [0.5, 0.6) is 0 Å². The summed E-state index contributed by atoms with van der Waals surface area (Å²) in [6.45, 7) is 6.21. The highest BCUT2D eigenvalue weighted by Crippen LogP contribution is 2.08. The highest BCUT2D eigenvalue weighted by Gasteiger charge is 1.98. The predicted octanol–water partition coefficient (Wildman–Crippen LogP) is 4.53. The molecular weight excluding hydrogens is 220 g/mol. The molecule has 0 heterocycles. The van der Waals surface area contributed by atoms with Crippen LogP contribution in [0.25, 0.3) is 0 Å². The quantitative estimate of drug-likeness (QED) is 0.468. The summed E-state index contributed by atoms with van der Waals surface area (Å²) in [5.74, 6) is 2.35. The van der Waals surface area contributed by atoms with E-state index in [0.29, 0.717) is 6.42 Å². The van der Waals surface area contributed by atoms with Gasteiger partial charge in [0.1, 0.15) is 0 Å². The Morgan fingerprint density at radius 2 is 1.69 bits per heavy atom. The van der Waals surface area contributed by atoms with Crippen LogP contribution >= 0.6 is 11.8 Å². The van der Waals surface area contributed by atoms with Gasteiger partial charge in [-0.15, -0.1) is 0 Å². The van der Waals surface area contributed by atoms with Crippen molar-refractivity contribution in [3.63, 3.8) is 0 Å². The lowest BCUT2D eigenvalue weighted by molar-refractivity contribution is -0.140. The molecule has 0 aromatic carbocycles. The lowest BCUT2D eigenvalue weighted by Crippen LogP contribution is -1.99. The zero-order valence-electron chi connectivity index (χ0n) is 10.7. The second kappa shape index (κ2) is 20.3. The molecule has 0 amide bonds. The number of methoxy groups -OCH3 is 1. The molecule has 0 saturated carbocycles. The van der Waals surface area contributed by atoms with Crippen LogP contribution in [-0.4, -0.2) is 24.6 Å². The third-order valence-electron chi connectivity index (χ3n) is 1.79. The first kappa shape index (κ1) is 21.1. The van der Waals surface area contributed by atoms with Crippen LogP contribution in [0, 0.1) is 0 Å². The molecule has 2 nitrogen and oxygen atoms in total. The van der Waals surface area contributed by atoms with Crippen molar-refractivity contribution in [1.82, 2.24) is 0 Å². The number of carbonyl (C=O) groups excluding carboxylic acids is 1. The maximum Gasteiger partial charge on any atom is 0.305 e. The van der Waals surface area contributed by atoms with E-state index in [2.05, 4.69) is 11.7 Å². The molecule has 0 aliphatic heterocycles. The number of esters is 1. The van der Waals surface area contributed by atoms with E-state index < -0.39 is 0 Å². The standard InChI is InChI=1S/C10H20O2S.C2H6.CH4/c1-3-4-8-13-9-6-5-7-10(11)12-2;1-2;/h3-9H2,1-2H3;1-2H3;1H4. The molecule has 100 valence electrons. The highest BCUT2D eigenvalue weighted by atomic mass is 32.2. The van der Waals surface area contributed by atoms with Gasteiger partial charge < -0.3 is 4.74 Å². The van der Waals surface area contributed by atoms with E-state index in [9.17, 15) is 4.79 Å². The minimum absolute atomic E-state index is 0. The van der Waals surface area contributed by atoms with Gasteiger partial charge in [0, 0.05) is 6.42 Å². The molecule has 0 aliphatic rings. The number of carbonyl (C=O) groups is 1. The minimum Gasteiger partial charge on any atom is -0.469 e. The lowest BCUT2D eigenvalue weighted by Gasteiger charge is -2.00. The van der Waals surface area contributed by atoms with Crippen molar-refractivity contribution < 1.29 is 9.53 Å². The fourth-order valence-corrected chi connectivity index (χ4v) is 2.03. The Bertz CT molecular complexity index is 127. The molecule has 0 aromatic rings. The van der Waals surface area contributed by atoms with Gasteiger partial charge in [-0.25, -0.2) is 0 Å². The van der Waals surface area contributed by atoms with E-state index >= 15 is 0 Å². The van der Waals surface area contributed by atoms with Gasteiger partial charge in [-0.1, -0.05) is 34.6 Å². The third kappa shape index (κ3) is 19.4. The van der Waals surface area contributed by atoms with Gasteiger partial charge in [-0.05, 0) is 30.8 Å². The largest absolute Gasteiger partial charge is 0.469 e. The molecular formula is C13H30O2S. The summed E-state index contributed by atoms with van der Waals surface area (Å²) in [5, 5.41) is 0. The second-order valence-corrected chi connectivity index (χ2v) is 4.22. The predicted molar refractivity (Wildman–Crippen MR) is 76.2 cm³/mol. The summed E-state index contributed by atoms with van der Waals surface area (Å²) in [4.78, 5) is 10.7. The first-order valence-corrected chi connectivity index (χ1v) is 7.11. The first-order chi connectivity index (χ1) is 7.31. The van der Waals surface area contributed by atoms with Gasteiger partial charge in [0.05, 0.1) is 7.11 Å². The molecule has 0 saturated heterocycles. The zero-order valence-corrected chi connectivity index (χ0v) is 11.5. The number of hydrogen-bond donors (Lipinski definition) is 0. The van der Waals surface area contributed by atoms with Crippen LogP contribution in [0.4, 0.5) is 0 Å². The molecule has 0 fully saturated rings. The number of hydrogen-bond acceptors (Lipinski definition) is 3. The van der Waals surface area contributed by atoms with Crippen LogP contribution < -0.4 is 0 Å². The van der Waals surface area contributed by atoms with Crippen LogP contribution in [-0.2, 0) is 9.53 Å². The van der Waals surface area contributed by atoms with E-state index in [4.69, 9.17) is 0 Å². The summed E-state index contributed by atoms with van der Waals surface area (Å²) in [6.07, 6.45) is 5.25. The topological polar surface area (TPSA) is 26.3 Å². The molecule has 0 atom stereocenters. The van der Waals surface area contributed by atoms with E-state index in [1.54, 1.807) is 0 Å². The number of ether oxygens (including phenoxy) is 1. The Kier molecular flexibility index (Phi) is 26.8. The van der Waals surface area contributed by atoms with Crippen LogP contribution in [0.15, 0.2) is 0 Å². The SMILES string of the molecule is C.CC.CCCCSCCCCC(=O)OC. The van der Waals surface area contributed by atoms with E-state index in [1.165, 1.54) is 31.5 Å². The van der Waals surface area contributed by atoms with Crippen molar-refractivity contribution in [2.45, 2.75) is 60.3 Å². The Morgan fingerprint density at radius 1 is 1.12 bits per heavy atom. The average molecular weight is 250 g/mol. The molecule has 0 radical (unpaired) electrons. The molecule has 0 rings (SSSR count). The van der Waals surface area contributed by atoms with Crippen LogP contribution in [0.3, 0.4) is 0 Å². The van der Waals surface area contributed by atoms with E-state index in [0.717, 1.165) is 12.8 Å². The van der Waals surface area contributed by atoms with E-state index in [-0.39, 0.29) is 13.4 Å². The monoisotopic (exact) mass is 250 g/mol. The minimum atomic E-state index is -0.0847. The average Bonchev–Trinajstić information content (AvgIpc) is 2.30. The molecule has 16 heavy (non-hydrogen) atoms. The smallest absolute Gasteiger partial charge is 0.305 e. The Morgan fingerprint density at radius 3 is 2.19 bits per heavy atom. The van der Waals surface area contributed by atoms with Gasteiger partial charge in [0.15, 0.2) is 0 Å². The van der Waals surface area contributed by atoms with Crippen molar-refractivity contribution in [1.29, 1.82) is 0 Å². The second-order valence-electron chi connectivity index (χ2n) is 3.00. The zero-order chi connectivity index (χ0) is 11.9. The molecule has 0 N–H and O–H groups in total.